The molecule has 2 atom stereocenters. The highest BCUT2D eigenvalue weighted by atomic mass is 35.5. The standard InChI is InChI=1S/C18H25Cl2NO/c1-12-3-8-17(19)16(18(20)9-12)7-5-13-4-6-14(21)11-15(10-13)22-2/h8,13,15,21H,1,3-7,9-11H2,2H3. The second-order valence-corrected chi connectivity index (χ2v) is 7.27. The molecule has 2 rings (SSSR count). The first-order chi connectivity index (χ1) is 10.5. The van der Waals surface area contributed by atoms with Crippen LogP contribution in [0.2, 0.25) is 0 Å². The second-order valence-electron chi connectivity index (χ2n) is 6.41. The van der Waals surface area contributed by atoms with E-state index in [1.165, 1.54) is 0 Å². The molecular weight excluding hydrogens is 317 g/mol. The predicted octanol–water partition coefficient (Wildman–Crippen LogP) is 5.96. The van der Waals surface area contributed by atoms with E-state index in [0.29, 0.717) is 5.92 Å². The van der Waals surface area contributed by atoms with Crippen LogP contribution in [0.4, 0.5) is 0 Å². The van der Waals surface area contributed by atoms with Crippen LogP contribution in [0, 0.1) is 11.3 Å². The molecule has 0 aromatic rings. The van der Waals surface area contributed by atoms with Crippen molar-refractivity contribution in [1.82, 2.24) is 0 Å². The first kappa shape index (κ1) is 17.8. The molecule has 2 nitrogen and oxygen atoms in total. The molecule has 0 bridgehead atoms. The molecule has 0 heterocycles. The van der Waals surface area contributed by atoms with Crippen LogP contribution >= 0.6 is 23.2 Å². The summed E-state index contributed by atoms with van der Waals surface area (Å²) in [4.78, 5) is 0. The molecule has 0 aromatic carbocycles. The SMILES string of the molecule is C=C1CC=C(Cl)C(CCC2CCC(=N)CC(OC)C2)=C(Cl)C1. The van der Waals surface area contributed by atoms with Gasteiger partial charge in [-0.15, -0.1) is 0 Å². The maximum absolute atomic E-state index is 7.95. The maximum Gasteiger partial charge on any atom is 0.0625 e. The second kappa shape index (κ2) is 8.33. The van der Waals surface area contributed by atoms with E-state index in [-0.39, 0.29) is 6.10 Å². The number of nitrogens with one attached hydrogen (secondary N) is 1. The number of hydrogen-bond acceptors (Lipinski definition) is 2. The quantitative estimate of drug-likeness (QED) is 0.496. The Balaban J connectivity index is 2.00. The third-order valence-corrected chi connectivity index (χ3v) is 5.40. The molecule has 0 amide bonds. The van der Waals surface area contributed by atoms with Crippen LogP contribution in [0.5, 0.6) is 0 Å². The fourth-order valence-corrected chi connectivity index (χ4v) is 3.98. The molecule has 122 valence electrons. The Hall–Kier alpha value is -0.570. The molecule has 22 heavy (non-hydrogen) atoms. The molecule has 0 spiro atoms. The van der Waals surface area contributed by atoms with E-state index in [0.717, 1.165) is 78.3 Å². The Morgan fingerprint density at radius 3 is 2.91 bits per heavy atom. The monoisotopic (exact) mass is 341 g/mol. The third-order valence-electron chi connectivity index (χ3n) is 4.65. The van der Waals surface area contributed by atoms with Crippen molar-refractivity contribution in [2.75, 3.05) is 7.11 Å². The van der Waals surface area contributed by atoms with E-state index >= 15 is 0 Å². The van der Waals surface area contributed by atoms with Crippen molar-refractivity contribution in [3.63, 3.8) is 0 Å². The van der Waals surface area contributed by atoms with Crippen LogP contribution in [0.1, 0.15) is 51.4 Å². The highest BCUT2D eigenvalue weighted by Gasteiger charge is 2.23. The Bertz CT molecular complexity index is 507. The largest absolute Gasteiger partial charge is 0.381 e. The Labute approximate surface area is 143 Å². The van der Waals surface area contributed by atoms with Gasteiger partial charge >= 0.3 is 0 Å². The maximum atomic E-state index is 7.95. The average molecular weight is 342 g/mol. The number of halogens is 2. The minimum Gasteiger partial charge on any atom is -0.381 e. The lowest BCUT2D eigenvalue weighted by Gasteiger charge is -2.19. The summed E-state index contributed by atoms with van der Waals surface area (Å²) in [5.74, 6) is 0.570. The third kappa shape index (κ3) is 4.97. The molecule has 1 fully saturated rings. The van der Waals surface area contributed by atoms with E-state index in [1.54, 1.807) is 7.11 Å². The van der Waals surface area contributed by atoms with Crippen molar-refractivity contribution in [3.05, 3.63) is 33.9 Å². The van der Waals surface area contributed by atoms with Gasteiger partial charge in [0.15, 0.2) is 0 Å². The van der Waals surface area contributed by atoms with Gasteiger partial charge in [0.2, 0.25) is 0 Å². The van der Waals surface area contributed by atoms with Crippen molar-refractivity contribution in [2.45, 2.75) is 57.5 Å². The first-order valence-electron chi connectivity index (χ1n) is 7.98. The van der Waals surface area contributed by atoms with Gasteiger partial charge in [-0.3, -0.25) is 0 Å². The zero-order valence-electron chi connectivity index (χ0n) is 13.3. The number of hydrogen-bond donors (Lipinski definition) is 1. The Morgan fingerprint density at radius 2 is 2.18 bits per heavy atom. The molecule has 0 aliphatic heterocycles. The minimum absolute atomic E-state index is 0.185. The lowest BCUT2D eigenvalue weighted by molar-refractivity contribution is 0.0870. The van der Waals surface area contributed by atoms with Gasteiger partial charge in [0.1, 0.15) is 0 Å². The zero-order chi connectivity index (χ0) is 16.1. The molecule has 0 aromatic heterocycles. The number of methoxy groups -OCH3 is 1. The fraction of sp³-hybridized carbons (Fsp3) is 0.611. The van der Waals surface area contributed by atoms with Crippen LogP contribution in [0.15, 0.2) is 33.9 Å². The van der Waals surface area contributed by atoms with Crippen molar-refractivity contribution in [3.8, 4) is 0 Å². The number of allylic oxidation sites excluding steroid dienone is 5. The van der Waals surface area contributed by atoms with Crippen molar-refractivity contribution in [2.24, 2.45) is 5.92 Å². The zero-order valence-corrected chi connectivity index (χ0v) is 14.8. The van der Waals surface area contributed by atoms with E-state index < -0.39 is 0 Å². The number of rotatable bonds is 4. The van der Waals surface area contributed by atoms with E-state index in [4.69, 9.17) is 33.3 Å². The van der Waals surface area contributed by atoms with Gasteiger partial charge in [-0.25, -0.2) is 0 Å². The van der Waals surface area contributed by atoms with Gasteiger partial charge in [0.05, 0.1) is 6.10 Å². The summed E-state index contributed by atoms with van der Waals surface area (Å²) in [6, 6.07) is 0. The lowest BCUT2D eigenvalue weighted by Crippen LogP contribution is -2.15. The molecule has 2 aliphatic carbocycles. The molecule has 0 saturated heterocycles. The molecule has 0 radical (unpaired) electrons. The topological polar surface area (TPSA) is 33.1 Å². The highest BCUT2D eigenvalue weighted by molar-refractivity contribution is 6.35. The predicted molar refractivity (Wildman–Crippen MR) is 94.9 cm³/mol. The Morgan fingerprint density at radius 1 is 1.41 bits per heavy atom. The molecular formula is C18H25Cl2NO. The average Bonchev–Trinajstić information content (AvgIpc) is 2.73. The summed E-state index contributed by atoms with van der Waals surface area (Å²) >= 11 is 12.8. The van der Waals surface area contributed by atoms with Crippen LogP contribution in [-0.2, 0) is 4.74 Å². The summed E-state index contributed by atoms with van der Waals surface area (Å²) in [5.41, 5.74) is 3.01. The van der Waals surface area contributed by atoms with Gasteiger partial charge in [0.25, 0.3) is 0 Å². The highest BCUT2D eigenvalue weighted by Crippen LogP contribution is 2.36. The van der Waals surface area contributed by atoms with Crippen LogP contribution in [0.3, 0.4) is 0 Å². The summed E-state index contributed by atoms with van der Waals surface area (Å²) in [6.07, 6.45) is 9.46. The van der Waals surface area contributed by atoms with Crippen LogP contribution in [-0.4, -0.2) is 18.9 Å². The van der Waals surface area contributed by atoms with Gasteiger partial charge in [-0.05, 0) is 50.0 Å². The van der Waals surface area contributed by atoms with Crippen molar-refractivity contribution < 1.29 is 4.74 Å². The summed E-state index contributed by atoms with van der Waals surface area (Å²) in [5, 5.41) is 9.57. The molecule has 4 heteroatoms. The molecule has 2 unspecified atom stereocenters. The van der Waals surface area contributed by atoms with E-state index in [9.17, 15) is 0 Å². The van der Waals surface area contributed by atoms with Gasteiger partial charge in [0, 0.05) is 35.7 Å². The van der Waals surface area contributed by atoms with Crippen LogP contribution < -0.4 is 0 Å². The Kier molecular flexibility index (Phi) is 6.73. The summed E-state index contributed by atoms with van der Waals surface area (Å²) in [7, 11) is 1.75. The molecule has 1 saturated carbocycles. The molecule has 2 aliphatic rings. The van der Waals surface area contributed by atoms with Gasteiger partial charge in [-0.1, -0.05) is 41.4 Å². The van der Waals surface area contributed by atoms with Crippen molar-refractivity contribution in [1.29, 1.82) is 5.41 Å². The lowest BCUT2D eigenvalue weighted by atomic mass is 9.91. The molecule has 1 N–H and O–H groups in total. The number of ether oxygens (including phenoxy) is 1. The first-order valence-corrected chi connectivity index (χ1v) is 8.74. The van der Waals surface area contributed by atoms with Gasteiger partial charge in [-0.2, -0.15) is 0 Å². The van der Waals surface area contributed by atoms with Crippen LogP contribution in [0.25, 0.3) is 0 Å². The van der Waals surface area contributed by atoms with Gasteiger partial charge < -0.3 is 10.1 Å². The normalized spacial score (nSPS) is 27.5. The van der Waals surface area contributed by atoms with E-state index in [1.807, 2.05) is 6.08 Å². The minimum atomic E-state index is 0.185. The fourth-order valence-electron chi connectivity index (χ4n) is 3.26. The van der Waals surface area contributed by atoms with Crippen molar-refractivity contribution >= 4 is 28.9 Å². The summed E-state index contributed by atoms with van der Waals surface area (Å²) in [6.45, 7) is 4.02. The van der Waals surface area contributed by atoms with E-state index in [2.05, 4.69) is 6.58 Å². The summed E-state index contributed by atoms with van der Waals surface area (Å²) < 4.78 is 5.51. The smallest absolute Gasteiger partial charge is 0.0625 e.